The lowest BCUT2D eigenvalue weighted by molar-refractivity contribution is -0.121. The second-order valence-corrected chi connectivity index (χ2v) is 9.33. The number of carbonyl (C=O) groups excluding carboxylic acids is 1. The van der Waals surface area contributed by atoms with Gasteiger partial charge in [-0.15, -0.1) is 0 Å². The zero-order valence-corrected chi connectivity index (χ0v) is 18.0. The zero-order chi connectivity index (χ0) is 21.2. The molecule has 162 valence electrons. The highest BCUT2D eigenvalue weighted by molar-refractivity contribution is 7.89. The fourth-order valence-corrected chi connectivity index (χ4v) is 4.85. The number of hydrogen-bond acceptors (Lipinski definition) is 4. The van der Waals surface area contributed by atoms with E-state index in [-0.39, 0.29) is 11.9 Å². The van der Waals surface area contributed by atoms with E-state index < -0.39 is 10.0 Å². The van der Waals surface area contributed by atoms with E-state index in [0.717, 1.165) is 37.0 Å². The van der Waals surface area contributed by atoms with Gasteiger partial charge < -0.3 is 10.1 Å². The molecule has 3 rings (SSSR count). The summed E-state index contributed by atoms with van der Waals surface area (Å²) >= 11 is 0. The first-order valence-electron chi connectivity index (χ1n) is 10.6. The van der Waals surface area contributed by atoms with Crippen molar-refractivity contribution in [2.24, 2.45) is 0 Å². The van der Waals surface area contributed by atoms with Crippen LogP contribution in [0.5, 0.6) is 5.75 Å². The van der Waals surface area contributed by atoms with Crippen molar-refractivity contribution >= 4 is 15.9 Å². The summed E-state index contributed by atoms with van der Waals surface area (Å²) in [5.74, 6) is 0.799. The van der Waals surface area contributed by atoms with Crippen molar-refractivity contribution in [3.63, 3.8) is 0 Å². The van der Waals surface area contributed by atoms with Crippen molar-refractivity contribution in [3.05, 3.63) is 60.2 Å². The summed E-state index contributed by atoms with van der Waals surface area (Å²) in [4.78, 5) is 12.2. The Kier molecular flexibility index (Phi) is 8.28. The van der Waals surface area contributed by atoms with Crippen LogP contribution in [-0.4, -0.2) is 33.5 Å². The summed E-state index contributed by atoms with van der Waals surface area (Å²) in [5.41, 5.74) is 0.988. The standard InChI is InChI=1S/C23H30N2O4S/c26-23(11-6-18-29-21-9-2-1-3-10-21)24-17-16-19-12-14-22(15-13-19)30(27,28)25-20-7-4-5-8-20/h1-3,9-10,12-15,20,25H,4-8,11,16-18H2,(H,24,26). The third-order valence-electron chi connectivity index (χ3n) is 5.21. The fourth-order valence-electron chi connectivity index (χ4n) is 3.54. The number of ether oxygens (including phenoxy) is 1. The van der Waals surface area contributed by atoms with Gasteiger partial charge in [-0.3, -0.25) is 4.79 Å². The third kappa shape index (κ3) is 7.15. The first-order valence-corrected chi connectivity index (χ1v) is 12.1. The van der Waals surface area contributed by atoms with Crippen LogP contribution in [0.2, 0.25) is 0 Å². The number of rotatable bonds is 11. The van der Waals surface area contributed by atoms with Crippen LogP contribution in [0.3, 0.4) is 0 Å². The second kappa shape index (κ2) is 11.1. The Labute approximate surface area is 179 Å². The number of sulfonamides is 1. The van der Waals surface area contributed by atoms with Gasteiger partial charge in [0.1, 0.15) is 5.75 Å². The van der Waals surface area contributed by atoms with E-state index >= 15 is 0 Å². The molecule has 0 radical (unpaired) electrons. The van der Waals surface area contributed by atoms with E-state index in [0.29, 0.717) is 37.3 Å². The van der Waals surface area contributed by atoms with Crippen LogP contribution in [0.4, 0.5) is 0 Å². The molecular weight excluding hydrogens is 400 g/mol. The first-order chi connectivity index (χ1) is 14.5. The van der Waals surface area contributed by atoms with Gasteiger partial charge in [0.2, 0.25) is 15.9 Å². The van der Waals surface area contributed by atoms with E-state index in [1.807, 2.05) is 42.5 Å². The molecule has 7 heteroatoms. The molecule has 0 heterocycles. The van der Waals surface area contributed by atoms with Crippen LogP contribution in [0.25, 0.3) is 0 Å². The van der Waals surface area contributed by atoms with Crippen LogP contribution in [0.1, 0.15) is 44.1 Å². The number of hydrogen-bond donors (Lipinski definition) is 2. The molecule has 0 saturated heterocycles. The summed E-state index contributed by atoms with van der Waals surface area (Å²) in [6, 6.07) is 16.5. The van der Waals surface area contributed by atoms with Gasteiger partial charge in [0.05, 0.1) is 11.5 Å². The maximum atomic E-state index is 12.4. The Morgan fingerprint density at radius 2 is 1.70 bits per heavy atom. The Morgan fingerprint density at radius 1 is 1.00 bits per heavy atom. The molecular formula is C23H30N2O4S. The summed E-state index contributed by atoms with van der Waals surface area (Å²) in [6.07, 6.45) is 5.71. The SMILES string of the molecule is O=C(CCCOc1ccccc1)NCCc1ccc(S(=O)(=O)NC2CCCC2)cc1. The highest BCUT2D eigenvalue weighted by Gasteiger charge is 2.22. The first kappa shape index (κ1) is 22.3. The van der Waals surface area contributed by atoms with Gasteiger partial charge in [0, 0.05) is 19.0 Å². The van der Waals surface area contributed by atoms with Gasteiger partial charge in [-0.25, -0.2) is 13.1 Å². The van der Waals surface area contributed by atoms with Gasteiger partial charge in [0.15, 0.2) is 0 Å². The molecule has 0 atom stereocenters. The molecule has 6 nitrogen and oxygen atoms in total. The van der Waals surface area contributed by atoms with Crippen molar-refractivity contribution in [3.8, 4) is 5.75 Å². The lowest BCUT2D eigenvalue weighted by atomic mass is 10.1. The maximum absolute atomic E-state index is 12.4. The minimum atomic E-state index is -3.46. The van der Waals surface area contributed by atoms with E-state index in [1.165, 1.54) is 0 Å². The molecule has 0 aliphatic heterocycles. The molecule has 1 saturated carbocycles. The largest absolute Gasteiger partial charge is 0.494 e. The lowest BCUT2D eigenvalue weighted by Gasteiger charge is -2.13. The predicted molar refractivity (Wildman–Crippen MR) is 117 cm³/mol. The Balaban J connectivity index is 1.34. The van der Waals surface area contributed by atoms with E-state index in [9.17, 15) is 13.2 Å². The molecule has 1 fully saturated rings. The van der Waals surface area contributed by atoms with Gasteiger partial charge in [-0.2, -0.15) is 0 Å². The molecule has 30 heavy (non-hydrogen) atoms. The molecule has 0 spiro atoms. The quantitative estimate of drug-likeness (QED) is 0.535. The number of carbonyl (C=O) groups is 1. The molecule has 2 aromatic carbocycles. The monoisotopic (exact) mass is 430 g/mol. The summed E-state index contributed by atoms with van der Waals surface area (Å²) in [6.45, 7) is 1.02. The minimum Gasteiger partial charge on any atom is -0.494 e. The van der Waals surface area contributed by atoms with Gasteiger partial charge >= 0.3 is 0 Å². The molecule has 1 aliphatic carbocycles. The Bertz CT molecular complexity index is 893. The van der Waals surface area contributed by atoms with Crippen molar-refractivity contribution in [1.29, 1.82) is 0 Å². The fraction of sp³-hybridized carbons (Fsp3) is 0.435. The zero-order valence-electron chi connectivity index (χ0n) is 17.2. The van der Waals surface area contributed by atoms with Gasteiger partial charge in [-0.05, 0) is 55.5 Å². The highest BCUT2D eigenvalue weighted by atomic mass is 32.2. The Hall–Kier alpha value is -2.38. The third-order valence-corrected chi connectivity index (χ3v) is 6.74. The molecule has 2 N–H and O–H groups in total. The molecule has 0 unspecified atom stereocenters. The highest BCUT2D eigenvalue weighted by Crippen LogP contribution is 2.20. The van der Waals surface area contributed by atoms with Crippen molar-refractivity contribution < 1.29 is 17.9 Å². The molecule has 1 aliphatic rings. The summed E-state index contributed by atoms with van der Waals surface area (Å²) < 4.78 is 33.2. The van der Waals surface area contributed by atoms with Gasteiger partial charge in [-0.1, -0.05) is 43.2 Å². The van der Waals surface area contributed by atoms with Crippen molar-refractivity contribution in [2.75, 3.05) is 13.2 Å². The van der Waals surface area contributed by atoms with Crippen LogP contribution >= 0.6 is 0 Å². The maximum Gasteiger partial charge on any atom is 0.240 e. The van der Waals surface area contributed by atoms with Crippen molar-refractivity contribution in [1.82, 2.24) is 10.0 Å². The van der Waals surface area contributed by atoms with Crippen LogP contribution in [-0.2, 0) is 21.2 Å². The number of para-hydroxylation sites is 1. The predicted octanol–water partition coefficient (Wildman–Crippen LogP) is 3.43. The number of nitrogens with one attached hydrogen (secondary N) is 2. The number of benzene rings is 2. The molecule has 0 aromatic heterocycles. The topological polar surface area (TPSA) is 84.5 Å². The Morgan fingerprint density at radius 3 is 2.40 bits per heavy atom. The smallest absolute Gasteiger partial charge is 0.240 e. The summed E-state index contributed by atoms with van der Waals surface area (Å²) in [7, 11) is -3.46. The average molecular weight is 431 g/mol. The van der Waals surface area contributed by atoms with Crippen LogP contribution in [0, 0.1) is 0 Å². The summed E-state index contributed by atoms with van der Waals surface area (Å²) in [5, 5.41) is 2.90. The van der Waals surface area contributed by atoms with Gasteiger partial charge in [0.25, 0.3) is 0 Å². The average Bonchev–Trinajstić information content (AvgIpc) is 3.25. The number of amides is 1. The van der Waals surface area contributed by atoms with Crippen molar-refractivity contribution in [2.45, 2.75) is 55.9 Å². The lowest BCUT2D eigenvalue weighted by Crippen LogP contribution is -2.32. The normalized spacial score (nSPS) is 14.5. The molecule has 0 bridgehead atoms. The van der Waals surface area contributed by atoms with E-state index in [4.69, 9.17) is 4.74 Å². The molecule has 1 amide bonds. The van der Waals surface area contributed by atoms with E-state index in [2.05, 4.69) is 10.0 Å². The second-order valence-electron chi connectivity index (χ2n) is 7.61. The molecule has 2 aromatic rings. The van der Waals surface area contributed by atoms with Crippen LogP contribution < -0.4 is 14.8 Å². The minimum absolute atomic E-state index is 0.00776. The van der Waals surface area contributed by atoms with E-state index in [1.54, 1.807) is 12.1 Å². The van der Waals surface area contributed by atoms with Crippen LogP contribution in [0.15, 0.2) is 59.5 Å².